The molecule has 0 bridgehead atoms. The molecule has 1 saturated heterocycles. The van der Waals surface area contributed by atoms with Gasteiger partial charge in [0.1, 0.15) is 6.61 Å². The summed E-state index contributed by atoms with van der Waals surface area (Å²) >= 11 is 0. The molecule has 76 valence electrons. The van der Waals surface area contributed by atoms with Crippen molar-refractivity contribution in [2.24, 2.45) is 11.7 Å². The number of carbonyl (C=O) groups is 1. The van der Waals surface area contributed by atoms with Crippen molar-refractivity contribution < 1.29 is 9.53 Å². The summed E-state index contributed by atoms with van der Waals surface area (Å²) in [7, 11) is 0. The lowest BCUT2D eigenvalue weighted by atomic mass is 9.99. The monoisotopic (exact) mass is 186 g/mol. The number of nitrogens with two attached hydrogens (primary N) is 1. The molecule has 0 aromatic heterocycles. The Morgan fingerprint density at radius 3 is 2.69 bits per heavy atom. The quantitative estimate of drug-likeness (QED) is 0.648. The van der Waals surface area contributed by atoms with Crippen molar-refractivity contribution in [3.8, 4) is 0 Å². The van der Waals surface area contributed by atoms with Crippen LogP contribution in [-0.2, 0) is 9.53 Å². The third-order valence-electron chi connectivity index (χ3n) is 2.31. The Balaban J connectivity index is 1.99. The summed E-state index contributed by atoms with van der Waals surface area (Å²) in [5.41, 5.74) is 4.94. The van der Waals surface area contributed by atoms with Gasteiger partial charge in [0.25, 0.3) is 0 Å². The summed E-state index contributed by atoms with van der Waals surface area (Å²) in [5, 5.41) is 0. The highest BCUT2D eigenvalue weighted by molar-refractivity contribution is 5.74. The molecule has 4 nitrogen and oxygen atoms in total. The minimum atomic E-state index is -0.389. The normalized spacial score (nSPS) is 19.0. The molecule has 0 spiro atoms. The Morgan fingerprint density at radius 2 is 2.23 bits per heavy atom. The highest BCUT2D eigenvalue weighted by atomic mass is 16.5. The second kappa shape index (κ2) is 4.58. The summed E-state index contributed by atoms with van der Waals surface area (Å²) in [6.07, 6.45) is 0. The summed E-state index contributed by atoms with van der Waals surface area (Å²) < 4.78 is 5.13. The molecule has 13 heavy (non-hydrogen) atoms. The van der Waals surface area contributed by atoms with Crippen LogP contribution in [0.1, 0.15) is 13.8 Å². The fourth-order valence-corrected chi connectivity index (χ4v) is 1.46. The third kappa shape index (κ3) is 3.32. The van der Waals surface area contributed by atoms with Gasteiger partial charge in [0.05, 0.1) is 6.61 Å². The molecule has 1 aliphatic rings. The van der Waals surface area contributed by atoms with E-state index < -0.39 is 0 Å². The van der Waals surface area contributed by atoms with Crippen molar-refractivity contribution in [1.29, 1.82) is 0 Å². The second-order valence-corrected chi connectivity index (χ2v) is 3.90. The van der Waals surface area contributed by atoms with Gasteiger partial charge in [-0.3, -0.25) is 4.79 Å². The molecular weight excluding hydrogens is 168 g/mol. The van der Waals surface area contributed by atoms with E-state index in [1.54, 1.807) is 0 Å². The Kier molecular flexibility index (Phi) is 3.69. The van der Waals surface area contributed by atoms with Crippen LogP contribution in [0, 0.1) is 5.92 Å². The first kappa shape index (κ1) is 10.5. The molecule has 0 aromatic carbocycles. The van der Waals surface area contributed by atoms with Gasteiger partial charge in [-0.05, 0) is 13.8 Å². The Hall–Kier alpha value is -0.610. The predicted molar refractivity (Wildman–Crippen MR) is 50.2 cm³/mol. The fourth-order valence-electron chi connectivity index (χ4n) is 1.46. The van der Waals surface area contributed by atoms with Crippen molar-refractivity contribution in [3.05, 3.63) is 0 Å². The van der Waals surface area contributed by atoms with Crippen LogP contribution >= 0.6 is 0 Å². The Labute approximate surface area is 79.0 Å². The van der Waals surface area contributed by atoms with Crippen LogP contribution < -0.4 is 5.73 Å². The topological polar surface area (TPSA) is 55.6 Å². The van der Waals surface area contributed by atoms with Crippen LogP contribution in [0.25, 0.3) is 0 Å². The zero-order chi connectivity index (χ0) is 9.84. The standard InChI is InChI=1S/C9H18N2O2/c1-7(2)11-3-8(4-11)5-13-6-9(10)12/h7-8H,3-6H2,1-2H3,(H2,10,12). The molecule has 0 radical (unpaired) electrons. The zero-order valence-electron chi connectivity index (χ0n) is 8.32. The maximum atomic E-state index is 10.3. The van der Waals surface area contributed by atoms with Crippen LogP contribution in [0.2, 0.25) is 0 Å². The van der Waals surface area contributed by atoms with Crippen LogP contribution in [0.3, 0.4) is 0 Å². The van der Waals surface area contributed by atoms with Crippen LogP contribution in [-0.4, -0.2) is 43.2 Å². The molecule has 0 unspecified atom stereocenters. The van der Waals surface area contributed by atoms with E-state index in [2.05, 4.69) is 18.7 Å². The van der Waals surface area contributed by atoms with Crippen LogP contribution in [0.4, 0.5) is 0 Å². The summed E-state index contributed by atoms with van der Waals surface area (Å²) in [6.45, 7) is 7.23. The lowest BCUT2D eigenvalue weighted by Gasteiger charge is -2.41. The number of hydrogen-bond acceptors (Lipinski definition) is 3. The number of hydrogen-bond donors (Lipinski definition) is 1. The predicted octanol–water partition coefficient (Wildman–Crippen LogP) is -0.171. The maximum absolute atomic E-state index is 10.3. The van der Waals surface area contributed by atoms with Gasteiger partial charge in [-0.15, -0.1) is 0 Å². The molecule has 2 N–H and O–H groups in total. The van der Waals surface area contributed by atoms with E-state index >= 15 is 0 Å². The molecule has 1 aliphatic heterocycles. The van der Waals surface area contributed by atoms with Crippen molar-refractivity contribution >= 4 is 5.91 Å². The zero-order valence-corrected chi connectivity index (χ0v) is 8.32. The van der Waals surface area contributed by atoms with E-state index in [4.69, 9.17) is 10.5 Å². The molecular formula is C9H18N2O2. The van der Waals surface area contributed by atoms with Gasteiger partial charge >= 0.3 is 0 Å². The third-order valence-corrected chi connectivity index (χ3v) is 2.31. The van der Waals surface area contributed by atoms with Gasteiger partial charge in [-0.1, -0.05) is 0 Å². The smallest absolute Gasteiger partial charge is 0.243 e. The largest absolute Gasteiger partial charge is 0.371 e. The van der Waals surface area contributed by atoms with Gasteiger partial charge in [-0.25, -0.2) is 0 Å². The summed E-state index contributed by atoms with van der Waals surface area (Å²) in [5.74, 6) is 0.196. The number of amides is 1. The van der Waals surface area contributed by atoms with Gasteiger partial charge in [0.2, 0.25) is 5.91 Å². The molecule has 1 heterocycles. The second-order valence-electron chi connectivity index (χ2n) is 3.90. The van der Waals surface area contributed by atoms with Crippen molar-refractivity contribution in [2.75, 3.05) is 26.3 Å². The highest BCUT2D eigenvalue weighted by Gasteiger charge is 2.28. The Morgan fingerprint density at radius 1 is 1.62 bits per heavy atom. The molecule has 1 rings (SSSR count). The number of carbonyl (C=O) groups excluding carboxylic acids is 1. The average Bonchev–Trinajstić information content (AvgIpc) is 1.92. The molecule has 0 saturated carbocycles. The molecule has 4 heteroatoms. The number of nitrogens with zero attached hydrogens (tertiary/aromatic N) is 1. The number of rotatable bonds is 5. The number of primary amides is 1. The molecule has 1 amide bonds. The minimum Gasteiger partial charge on any atom is -0.371 e. The van der Waals surface area contributed by atoms with E-state index in [0.717, 1.165) is 13.1 Å². The first-order valence-electron chi connectivity index (χ1n) is 4.69. The molecule has 0 aromatic rings. The molecule has 1 fully saturated rings. The minimum absolute atomic E-state index is 0.0537. The highest BCUT2D eigenvalue weighted by Crippen LogP contribution is 2.18. The van der Waals surface area contributed by atoms with E-state index in [-0.39, 0.29) is 12.5 Å². The lowest BCUT2D eigenvalue weighted by molar-refractivity contribution is -0.123. The summed E-state index contributed by atoms with van der Waals surface area (Å²) in [4.78, 5) is 12.7. The molecule has 0 atom stereocenters. The van der Waals surface area contributed by atoms with E-state index in [1.165, 1.54) is 0 Å². The van der Waals surface area contributed by atoms with Gasteiger partial charge in [0, 0.05) is 25.0 Å². The molecule has 0 aliphatic carbocycles. The average molecular weight is 186 g/mol. The summed E-state index contributed by atoms with van der Waals surface area (Å²) in [6, 6.07) is 0.618. The lowest BCUT2D eigenvalue weighted by Crippen LogP contribution is -2.51. The SMILES string of the molecule is CC(C)N1CC(COCC(N)=O)C1. The van der Waals surface area contributed by atoms with Crippen molar-refractivity contribution in [1.82, 2.24) is 4.90 Å². The first-order valence-corrected chi connectivity index (χ1v) is 4.69. The maximum Gasteiger partial charge on any atom is 0.243 e. The van der Waals surface area contributed by atoms with Crippen LogP contribution in [0.15, 0.2) is 0 Å². The van der Waals surface area contributed by atoms with E-state index in [1.807, 2.05) is 0 Å². The number of ether oxygens (including phenoxy) is 1. The van der Waals surface area contributed by atoms with Crippen molar-refractivity contribution in [3.63, 3.8) is 0 Å². The van der Waals surface area contributed by atoms with Gasteiger partial charge < -0.3 is 15.4 Å². The van der Waals surface area contributed by atoms with Crippen molar-refractivity contribution in [2.45, 2.75) is 19.9 Å². The van der Waals surface area contributed by atoms with E-state index in [9.17, 15) is 4.79 Å². The Bertz CT molecular complexity index is 176. The van der Waals surface area contributed by atoms with Gasteiger partial charge in [0.15, 0.2) is 0 Å². The fraction of sp³-hybridized carbons (Fsp3) is 0.889. The number of likely N-dealkylation sites (tertiary alicyclic amines) is 1. The van der Waals surface area contributed by atoms with E-state index in [0.29, 0.717) is 18.6 Å². The van der Waals surface area contributed by atoms with Gasteiger partial charge in [-0.2, -0.15) is 0 Å². The first-order chi connectivity index (χ1) is 6.09. The van der Waals surface area contributed by atoms with Crippen LogP contribution in [0.5, 0.6) is 0 Å².